The number of hydrogen-bond acceptors (Lipinski definition) is 9. The van der Waals surface area contributed by atoms with Crippen LogP contribution < -0.4 is 20.7 Å². The second-order valence-corrected chi connectivity index (χ2v) is 14.1. The topological polar surface area (TPSA) is 152 Å². The Labute approximate surface area is 289 Å². The molecule has 11 heteroatoms. The maximum atomic E-state index is 14.1. The van der Waals surface area contributed by atoms with Gasteiger partial charge in [-0.3, -0.25) is 9.59 Å². The van der Waals surface area contributed by atoms with Gasteiger partial charge in [-0.05, 0) is 42.0 Å². The van der Waals surface area contributed by atoms with Crippen LogP contribution in [0.25, 0.3) is 22.9 Å². The van der Waals surface area contributed by atoms with Gasteiger partial charge in [-0.25, -0.2) is 9.97 Å². The standard InChI is InChI=1S/C39H39N5O6/c1-19(2)30-37-44-31(36-40-18-29(48-36)23-13-10-21(5)11-14-23)33(50-37)39-24-8-6-7-9-26(24)42-38(39)49-28-15-12-22(16-25(28)39)17-27(34(46)43-30)41-35(47)32(45)20(3)4/h6-16,18-20,27,30,32,38,42,45H,17H2,1-5H3,(H,41,47)(H,43,46)/t27-,30-,32-,38-,39?/m0/s1. The number of amides is 2. The highest BCUT2D eigenvalue weighted by Gasteiger charge is 2.61. The molecule has 256 valence electrons. The fourth-order valence-corrected chi connectivity index (χ4v) is 7.24. The molecular weight excluding hydrogens is 634 g/mol. The molecule has 0 saturated carbocycles. The second kappa shape index (κ2) is 11.9. The number of benzene rings is 3. The number of carbonyl (C=O) groups excluding carboxylic acids is 2. The van der Waals surface area contributed by atoms with Gasteiger partial charge in [0.1, 0.15) is 29.4 Å². The number of nitrogens with one attached hydrogen (secondary N) is 3. The van der Waals surface area contributed by atoms with Gasteiger partial charge in [0.05, 0.1) is 6.20 Å². The molecule has 1 spiro atoms. The molecule has 5 heterocycles. The number of rotatable bonds is 6. The molecule has 50 heavy (non-hydrogen) atoms. The Morgan fingerprint density at radius 1 is 1.00 bits per heavy atom. The number of anilines is 1. The van der Waals surface area contributed by atoms with Crippen LogP contribution in [0.5, 0.6) is 5.75 Å². The molecule has 2 amide bonds. The summed E-state index contributed by atoms with van der Waals surface area (Å²) in [5.74, 6) is 0.705. The third-order valence-corrected chi connectivity index (χ3v) is 10.00. The van der Waals surface area contributed by atoms with Gasteiger partial charge in [0, 0.05) is 23.2 Å². The molecule has 4 N–H and O–H groups in total. The van der Waals surface area contributed by atoms with Crippen LogP contribution in [-0.2, 0) is 21.4 Å². The normalized spacial score (nSPS) is 22.5. The summed E-state index contributed by atoms with van der Waals surface area (Å²) >= 11 is 0. The van der Waals surface area contributed by atoms with Crippen LogP contribution >= 0.6 is 0 Å². The van der Waals surface area contributed by atoms with E-state index in [0.717, 1.165) is 33.5 Å². The van der Waals surface area contributed by atoms with E-state index in [0.29, 0.717) is 23.0 Å². The minimum absolute atomic E-state index is 0.165. The number of nitrogens with zero attached hydrogens (tertiary/aromatic N) is 2. The SMILES string of the molecule is Cc1ccc(-c2cnc(-c3nc4oc3C35c6ccccc6N[C@H]3Oc3ccc(cc35)C[C@H](NC(=O)[C@@H](O)C(C)C)C(=O)N[C@H]4C(C)C)o2)cc1. The molecule has 1 unspecified atom stereocenters. The van der Waals surface area contributed by atoms with Crippen molar-refractivity contribution < 1.29 is 28.3 Å². The summed E-state index contributed by atoms with van der Waals surface area (Å²) in [5.41, 5.74) is 4.81. The average molecular weight is 674 g/mol. The molecule has 2 aromatic heterocycles. The maximum Gasteiger partial charge on any atom is 0.249 e. The van der Waals surface area contributed by atoms with E-state index in [2.05, 4.69) is 22.0 Å². The molecule has 3 aliphatic rings. The minimum atomic E-state index is -1.27. The van der Waals surface area contributed by atoms with Gasteiger partial charge in [-0.15, -0.1) is 0 Å². The molecule has 3 aromatic carbocycles. The summed E-state index contributed by atoms with van der Waals surface area (Å²) < 4.78 is 20.0. The summed E-state index contributed by atoms with van der Waals surface area (Å²) in [6, 6.07) is 20.1. The first-order chi connectivity index (χ1) is 24.0. The predicted molar refractivity (Wildman–Crippen MR) is 185 cm³/mol. The maximum absolute atomic E-state index is 14.1. The van der Waals surface area contributed by atoms with Gasteiger partial charge in [0.2, 0.25) is 23.6 Å². The van der Waals surface area contributed by atoms with Crippen LogP contribution in [-0.4, -0.2) is 45.3 Å². The molecule has 3 aliphatic heterocycles. The monoisotopic (exact) mass is 673 g/mol. The Hall–Kier alpha value is -5.42. The van der Waals surface area contributed by atoms with E-state index in [1.165, 1.54) is 0 Å². The van der Waals surface area contributed by atoms with E-state index in [9.17, 15) is 14.7 Å². The summed E-state index contributed by atoms with van der Waals surface area (Å²) in [6.07, 6.45) is -0.0103. The average Bonchev–Trinajstić information content (AvgIpc) is 3.87. The van der Waals surface area contributed by atoms with Gasteiger partial charge in [0.15, 0.2) is 23.4 Å². The van der Waals surface area contributed by atoms with E-state index in [4.69, 9.17) is 23.5 Å². The lowest BCUT2D eigenvalue weighted by atomic mass is 9.72. The molecule has 0 fully saturated rings. The summed E-state index contributed by atoms with van der Waals surface area (Å²) in [5, 5.41) is 20.0. The van der Waals surface area contributed by atoms with Gasteiger partial charge in [-0.1, -0.05) is 87.9 Å². The third-order valence-electron chi connectivity index (χ3n) is 10.00. The lowest BCUT2D eigenvalue weighted by Crippen LogP contribution is -2.52. The van der Waals surface area contributed by atoms with E-state index in [1.54, 1.807) is 20.0 Å². The van der Waals surface area contributed by atoms with Crippen LogP contribution in [0.2, 0.25) is 0 Å². The van der Waals surface area contributed by atoms with Crippen molar-refractivity contribution in [1.29, 1.82) is 0 Å². The number of para-hydroxylation sites is 1. The van der Waals surface area contributed by atoms with Crippen LogP contribution in [0.1, 0.15) is 67.6 Å². The third kappa shape index (κ3) is 4.98. The van der Waals surface area contributed by atoms with Gasteiger partial charge < -0.3 is 34.6 Å². The Bertz CT molecular complexity index is 2120. The smallest absolute Gasteiger partial charge is 0.249 e. The van der Waals surface area contributed by atoms with Gasteiger partial charge in [0.25, 0.3) is 0 Å². The number of hydrogen-bond donors (Lipinski definition) is 4. The van der Waals surface area contributed by atoms with Gasteiger partial charge in [-0.2, -0.15) is 0 Å². The van der Waals surface area contributed by atoms with E-state index >= 15 is 0 Å². The minimum Gasteiger partial charge on any atom is -0.469 e. The molecule has 11 nitrogen and oxygen atoms in total. The van der Waals surface area contributed by atoms with E-state index in [1.807, 2.05) is 81.4 Å². The lowest BCUT2D eigenvalue weighted by molar-refractivity contribution is -0.135. The van der Waals surface area contributed by atoms with Crippen LogP contribution in [0.4, 0.5) is 5.69 Å². The number of fused-ring (bicyclic) bond motifs is 4. The molecule has 0 saturated heterocycles. The zero-order chi connectivity index (χ0) is 34.9. The van der Waals surface area contributed by atoms with Crippen molar-refractivity contribution in [2.75, 3.05) is 5.32 Å². The second-order valence-electron chi connectivity index (χ2n) is 14.1. The number of carbonyl (C=O) groups is 2. The van der Waals surface area contributed by atoms with Crippen LogP contribution in [0, 0.1) is 18.8 Å². The first-order valence-electron chi connectivity index (χ1n) is 17.0. The van der Waals surface area contributed by atoms with Crippen molar-refractivity contribution in [3.63, 3.8) is 0 Å². The quantitative estimate of drug-likeness (QED) is 0.179. The Balaban J connectivity index is 1.35. The number of oxazole rings is 2. The predicted octanol–water partition coefficient (Wildman–Crippen LogP) is 5.65. The zero-order valence-electron chi connectivity index (χ0n) is 28.5. The molecular formula is C39H39N5O6. The fraction of sp³-hybridized carbons (Fsp3) is 0.333. The molecule has 5 atom stereocenters. The zero-order valence-corrected chi connectivity index (χ0v) is 28.5. The molecule has 4 bridgehead atoms. The molecule has 0 radical (unpaired) electrons. The first kappa shape index (κ1) is 31.8. The van der Waals surface area contributed by atoms with Crippen LogP contribution in [0.3, 0.4) is 0 Å². The number of aliphatic hydroxyl groups excluding tert-OH is 1. The Kier molecular flexibility index (Phi) is 7.56. The number of ether oxygens (including phenoxy) is 1. The molecule has 5 aromatic rings. The van der Waals surface area contributed by atoms with Crippen molar-refractivity contribution >= 4 is 17.5 Å². The van der Waals surface area contributed by atoms with Crippen molar-refractivity contribution in [3.05, 3.63) is 107 Å². The van der Waals surface area contributed by atoms with E-state index in [-0.39, 0.29) is 30.0 Å². The molecule has 8 rings (SSSR count). The summed E-state index contributed by atoms with van der Waals surface area (Å²) in [7, 11) is 0. The van der Waals surface area contributed by atoms with Crippen molar-refractivity contribution in [2.24, 2.45) is 11.8 Å². The van der Waals surface area contributed by atoms with E-state index < -0.39 is 41.6 Å². The highest BCUT2D eigenvalue weighted by molar-refractivity contribution is 5.90. The molecule has 0 aliphatic carbocycles. The van der Waals surface area contributed by atoms with Crippen molar-refractivity contribution in [3.8, 4) is 28.7 Å². The number of aromatic nitrogens is 2. The van der Waals surface area contributed by atoms with Crippen LogP contribution in [0.15, 0.2) is 81.8 Å². The highest BCUT2D eigenvalue weighted by atomic mass is 16.5. The number of aliphatic hydroxyl groups is 1. The highest BCUT2D eigenvalue weighted by Crippen LogP contribution is 2.59. The first-order valence-corrected chi connectivity index (χ1v) is 17.0. The lowest BCUT2D eigenvalue weighted by Gasteiger charge is -2.29. The van der Waals surface area contributed by atoms with Gasteiger partial charge >= 0.3 is 0 Å². The van der Waals surface area contributed by atoms with Crippen molar-refractivity contribution in [1.82, 2.24) is 20.6 Å². The largest absolute Gasteiger partial charge is 0.469 e. The van der Waals surface area contributed by atoms with Crippen molar-refractivity contribution in [2.45, 2.75) is 70.9 Å². The fourth-order valence-electron chi connectivity index (χ4n) is 7.24. The Morgan fingerprint density at radius 3 is 2.54 bits per heavy atom. The Morgan fingerprint density at radius 2 is 1.78 bits per heavy atom. The summed E-state index contributed by atoms with van der Waals surface area (Å²) in [4.78, 5) is 37.0. The number of aryl methyl sites for hydroxylation is 1. The summed E-state index contributed by atoms with van der Waals surface area (Å²) in [6.45, 7) is 9.45.